The van der Waals surface area contributed by atoms with Crippen molar-refractivity contribution in [1.29, 1.82) is 0 Å². The van der Waals surface area contributed by atoms with E-state index in [0.717, 1.165) is 16.4 Å². The summed E-state index contributed by atoms with van der Waals surface area (Å²) < 4.78 is 50.0. The summed E-state index contributed by atoms with van der Waals surface area (Å²) in [5.74, 6) is 0.435. The number of rotatable bonds is 7. The molecule has 0 aliphatic heterocycles. The number of aliphatic hydroxyl groups is 1. The lowest BCUT2D eigenvalue weighted by molar-refractivity contribution is 0.154. The van der Waals surface area contributed by atoms with E-state index in [4.69, 9.17) is 9.47 Å². The first-order valence-corrected chi connectivity index (χ1v) is 9.27. The highest BCUT2D eigenvalue weighted by Gasteiger charge is 2.25. The van der Waals surface area contributed by atoms with E-state index in [1.165, 1.54) is 34.3 Å². The van der Waals surface area contributed by atoms with Crippen LogP contribution in [0, 0.1) is 12.7 Å². The van der Waals surface area contributed by atoms with Crippen LogP contribution >= 0.6 is 0 Å². The number of methoxy groups -OCH3 is 2. The second kappa shape index (κ2) is 8.03. The van der Waals surface area contributed by atoms with Gasteiger partial charge in [0.15, 0.2) is 11.5 Å². The van der Waals surface area contributed by atoms with E-state index < -0.39 is 21.9 Å². The molecule has 1 N–H and O–H groups in total. The van der Waals surface area contributed by atoms with E-state index in [0.29, 0.717) is 22.6 Å². The second-order valence-electron chi connectivity index (χ2n) is 5.83. The fourth-order valence-corrected chi connectivity index (χ4v) is 3.96. The molecule has 0 spiro atoms. The van der Waals surface area contributed by atoms with Crippen molar-refractivity contribution in [2.75, 3.05) is 27.8 Å². The summed E-state index contributed by atoms with van der Waals surface area (Å²) in [4.78, 5) is 0.000844. The lowest BCUT2D eigenvalue weighted by Gasteiger charge is -2.22. The molecule has 0 aliphatic carbocycles. The van der Waals surface area contributed by atoms with Crippen LogP contribution in [0.5, 0.6) is 11.5 Å². The number of aryl methyl sites for hydroxylation is 1. The molecular formula is C18H22FNO5S. The first kappa shape index (κ1) is 20.2. The normalized spacial score (nSPS) is 12.9. The monoisotopic (exact) mass is 383 g/mol. The predicted molar refractivity (Wildman–Crippen MR) is 95.5 cm³/mol. The van der Waals surface area contributed by atoms with Gasteiger partial charge >= 0.3 is 0 Å². The summed E-state index contributed by atoms with van der Waals surface area (Å²) in [6.45, 7) is 1.35. The van der Waals surface area contributed by atoms with Crippen LogP contribution in [-0.2, 0) is 10.0 Å². The summed E-state index contributed by atoms with van der Waals surface area (Å²) in [5.41, 5.74) is 0.790. The maximum absolute atomic E-state index is 13.2. The van der Waals surface area contributed by atoms with Crippen LogP contribution in [0.4, 0.5) is 4.39 Å². The molecular weight excluding hydrogens is 361 g/mol. The quantitative estimate of drug-likeness (QED) is 0.795. The van der Waals surface area contributed by atoms with Gasteiger partial charge in [-0.15, -0.1) is 0 Å². The number of sulfonamides is 1. The summed E-state index contributed by atoms with van der Waals surface area (Å²) >= 11 is 0. The van der Waals surface area contributed by atoms with Gasteiger partial charge in [-0.3, -0.25) is 0 Å². The highest BCUT2D eigenvalue weighted by atomic mass is 32.2. The molecule has 6 nitrogen and oxygen atoms in total. The molecule has 1 atom stereocenters. The van der Waals surface area contributed by atoms with Crippen molar-refractivity contribution in [1.82, 2.24) is 4.31 Å². The molecule has 142 valence electrons. The van der Waals surface area contributed by atoms with Gasteiger partial charge in [-0.2, -0.15) is 4.31 Å². The number of hydrogen-bond donors (Lipinski definition) is 1. The summed E-state index contributed by atoms with van der Waals surface area (Å²) in [6, 6.07) is 8.34. The average Bonchev–Trinajstić information content (AvgIpc) is 2.60. The van der Waals surface area contributed by atoms with Crippen LogP contribution < -0.4 is 9.47 Å². The lowest BCUT2D eigenvalue weighted by Crippen LogP contribution is -2.31. The number of hydrogen-bond acceptors (Lipinski definition) is 5. The summed E-state index contributed by atoms with van der Waals surface area (Å²) in [6.07, 6.45) is -1.07. The lowest BCUT2D eigenvalue weighted by atomic mass is 10.1. The first-order chi connectivity index (χ1) is 12.2. The molecule has 0 fully saturated rings. The SMILES string of the molecule is COc1ccc(C(O)CN(C)S(=O)(=O)c2ccc(F)cc2C)cc1OC. The Morgan fingerprint density at radius 1 is 1.12 bits per heavy atom. The van der Waals surface area contributed by atoms with Gasteiger partial charge in [0.1, 0.15) is 5.82 Å². The predicted octanol–water partition coefficient (Wildman–Crippen LogP) is 2.51. The van der Waals surface area contributed by atoms with Crippen LogP contribution in [0.3, 0.4) is 0 Å². The van der Waals surface area contributed by atoms with E-state index in [1.807, 2.05) is 0 Å². The highest BCUT2D eigenvalue weighted by Crippen LogP contribution is 2.30. The minimum atomic E-state index is -3.87. The fraction of sp³-hybridized carbons (Fsp3) is 0.333. The maximum Gasteiger partial charge on any atom is 0.243 e. The van der Waals surface area contributed by atoms with Gasteiger partial charge in [-0.05, 0) is 48.4 Å². The molecule has 2 aromatic carbocycles. The number of aliphatic hydroxyl groups excluding tert-OH is 1. The van der Waals surface area contributed by atoms with Crippen molar-refractivity contribution < 1.29 is 27.4 Å². The standard InChI is InChI=1S/C18H22FNO5S/c1-12-9-14(19)6-8-18(12)26(22,23)20(2)11-15(21)13-5-7-16(24-3)17(10-13)25-4/h5-10,15,21H,11H2,1-4H3. The molecule has 0 amide bonds. The van der Waals surface area contributed by atoms with Crippen LogP contribution in [0.25, 0.3) is 0 Å². The number of likely N-dealkylation sites (N-methyl/N-ethyl adjacent to an activating group) is 1. The molecule has 2 rings (SSSR count). The molecule has 8 heteroatoms. The highest BCUT2D eigenvalue weighted by molar-refractivity contribution is 7.89. The zero-order valence-electron chi connectivity index (χ0n) is 15.1. The number of ether oxygens (including phenoxy) is 2. The van der Waals surface area contributed by atoms with E-state index in [2.05, 4.69) is 0 Å². The Labute approximate surface area is 152 Å². The third-order valence-electron chi connectivity index (χ3n) is 4.05. The van der Waals surface area contributed by atoms with Crippen LogP contribution in [0.15, 0.2) is 41.3 Å². The summed E-state index contributed by atoms with van der Waals surface area (Å²) in [5, 5.41) is 10.4. The average molecular weight is 383 g/mol. The third-order valence-corrected chi connectivity index (χ3v) is 6.03. The number of nitrogens with zero attached hydrogens (tertiary/aromatic N) is 1. The van der Waals surface area contributed by atoms with Crippen molar-refractivity contribution in [2.24, 2.45) is 0 Å². The van der Waals surface area contributed by atoms with Gasteiger partial charge in [-0.1, -0.05) is 6.07 Å². The Morgan fingerprint density at radius 3 is 2.35 bits per heavy atom. The first-order valence-electron chi connectivity index (χ1n) is 7.83. The molecule has 0 heterocycles. The largest absolute Gasteiger partial charge is 0.493 e. The van der Waals surface area contributed by atoms with Crippen molar-refractivity contribution in [3.05, 3.63) is 53.3 Å². The Bertz CT molecular complexity index is 885. The van der Waals surface area contributed by atoms with Gasteiger partial charge < -0.3 is 14.6 Å². The van der Waals surface area contributed by atoms with E-state index in [-0.39, 0.29) is 11.4 Å². The van der Waals surface area contributed by atoms with Crippen LogP contribution in [0.1, 0.15) is 17.2 Å². The molecule has 0 saturated heterocycles. The van der Waals surface area contributed by atoms with Crippen LogP contribution in [0.2, 0.25) is 0 Å². The van der Waals surface area contributed by atoms with Gasteiger partial charge in [0.05, 0.1) is 25.2 Å². The topological polar surface area (TPSA) is 76.1 Å². The maximum atomic E-state index is 13.2. The smallest absolute Gasteiger partial charge is 0.243 e. The van der Waals surface area contributed by atoms with Crippen LogP contribution in [-0.4, -0.2) is 45.6 Å². The Hall–Kier alpha value is -2.16. The van der Waals surface area contributed by atoms with Gasteiger partial charge in [0, 0.05) is 13.6 Å². The fourth-order valence-electron chi connectivity index (χ4n) is 2.58. The second-order valence-corrected chi connectivity index (χ2v) is 7.84. The van der Waals surface area contributed by atoms with E-state index in [9.17, 15) is 17.9 Å². The number of benzene rings is 2. The van der Waals surface area contributed by atoms with Crippen molar-refractivity contribution >= 4 is 10.0 Å². The zero-order valence-corrected chi connectivity index (χ0v) is 15.9. The van der Waals surface area contributed by atoms with Crippen molar-refractivity contribution in [3.8, 4) is 11.5 Å². The molecule has 0 bridgehead atoms. The molecule has 0 aromatic heterocycles. The molecule has 0 aliphatic rings. The van der Waals surface area contributed by atoms with E-state index >= 15 is 0 Å². The minimum absolute atomic E-state index is 0.000844. The van der Waals surface area contributed by atoms with Crippen molar-refractivity contribution in [3.63, 3.8) is 0 Å². The number of halogens is 1. The third kappa shape index (κ3) is 4.14. The molecule has 0 saturated carbocycles. The molecule has 0 radical (unpaired) electrons. The van der Waals surface area contributed by atoms with Gasteiger partial charge in [0.25, 0.3) is 0 Å². The molecule has 1 unspecified atom stereocenters. The molecule has 2 aromatic rings. The van der Waals surface area contributed by atoms with Gasteiger partial charge in [-0.25, -0.2) is 12.8 Å². The zero-order chi connectivity index (χ0) is 19.5. The Kier molecular flexibility index (Phi) is 6.22. The summed E-state index contributed by atoms with van der Waals surface area (Å²) in [7, 11) is 0.469. The van der Waals surface area contributed by atoms with E-state index in [1.54, 1.807) is 18.2 Å². The van der Waals surface area contributed by atoms with Crippen molar-refractivity contribution in [2.45, 2.75) is 17.9 Å². The van der Waals surface area contributed by atoms with Gasteiger partial charge in [0.2, 0.25) is 10.0 Å². The minimum Gasteiger partial charge on any atom is -0.493 e. The molecule has 26 heavy (non-hydrogen) atoms. The Balaban J connectivity index is 2.24. The Morgan fingerprint density at radius 2 is 1.77 bits per heavy atom.